The molecule has 1 heterocycles. The number of allylic oxidation sites excluding steroid dienone is 1. The summed E-state index contributed by atoms with van der Waals surface area (Å²) in [5, 5.41) is 13.9. The van der Waals surface area contributed by atoms with Crippen molar-refractivity contribution in [1.29, 1.82) is 0 Å². The van der Waals surface area contributed by atoms with Crippen LogP contribution in [0.5, 0.6) is 17.2 Å². The molecule has 7 heteroatoms. The molecule has 0 radical (unpaired) electrons. The van der Waals surface area contributed by atoms with Crippen LogP contribution in [0.25, 0.3) is 10.9 Å². The predicted molar refractivity (Wildman–Crippen MR) is 120 cm³/mol. The number of aryl methyl sites for hydroxylation is 1. The Bertz CT molecular complexity index is 1150. The summed E-state index contributed by atoms with van der Waals surface area (Å²) in [7, 11) is 2.96. The fraction of sp³-hybridized carbons (Fsp3) is 0.250. The fourth-order valence-electron chi connectivity index (χ4n) is 3.50. The van der Waals surface area contributed by atoms with Crippen LogP contribution in [-0.4, -0.2) is 36.3 Å². The van der Waals surface area contributed by atoms with Gasteiger partial charge >= 0.3 is 0 Å². The second-order valence-electron chi connectivity index (χ2n) is 7.00. The maximum Gasteiger partial charge on any atom is 0.268 e. The molecule has 2 N–H and O–H groups in total. The molecule has 1 amide bonds. The van der Waals surface area contributed by atoms with Crippen LogP contribution in [0.15, 0.2) is 59.9 Å². The van der Waals surface area contributed by atoms with Gasteiger partial charge in [-0.05, 0) is 24.5 Å². The normalized spacial score (nSPS) is 10.6. The molecule has 0 atom stereocenters. The largest absolute Gasteiger partial charge is 0.506 e. The number of hydrogen-bond acceptors (Lipinski definition) is 5. The van der Waals surface area contributed by atoms with E-state index < -0.39 is 11.5 Å². The standard InChI is InChI=1S/C24H26N2O5/c1-4-13-26-18-15-20(31-3)19(30-2)14-17(18)22(27)21(24(26)29)23(28)25-12-8-11-16-9-6-5-7-10-16/h4-7,9-10,14-15,27H,1,8,11-13H2,2-3H3,(H,25,28). The summed E-state index contributed by atoms with van der Waals surface area (Å²) < 4.78 is 12.0. The number of amides is 1. The highest BCUT2D eigenvalue weighted by molar-refractivity contribution is 6.03. The van der Waals surface area contributed by atoms with Crippen molar-refractivity contribution in [2.75, 3.05) is 20.8 Å². The van der Waals surface area contributed by atoms with E-state index in [1.807, 2.05) is 30.3 Å². The Morgan fingerprint density at radius 3 is 2.48 bits per heavy atom. The zero-order valence-electron chi connectivity index (χ0n) is 17.7. The van der Waals surface area contributed by atoms with Gasteiger partial charge < -0.3 is 24.5 Å². The topological polar surface area (TPSA) is 89.8 Å². The monoisotopic (exact) mass is 422 g/mol. The van der Waals surface area contributed by atoms with Crippen molar-refractivity contribution in [2.24, 2.45) is 0 Å². The Hall–Kier alpha value is -3.74. The van der Waals surface area contributed by atoms with Crippen molar-refractivity contribution >= 4 is 16.8 Å². The van der Waals surface area contributed by atoms with Gasteiger partial charge in [-0.3, -0.25) is 9.59 Å². The molecule has 31 heavy (non-hydrogen) atoms. The number of nitrogens with zero attached hydrogens (tertiary/aromatic N) is 1. The van der Waals surface area contributed by atoms with E-state index in [1.165, 1.54) is 24.4 Å². The van der Waals surface area contributed by atoms with E-state index >= 15 is 0 Å². The molecule has 3 aromatic rings. The summed E-state index contributed by atoms with van der Waals surface area (Å²) in [6.07, 6.45) is 3.05. The third-order valence-corrected chi connectivity index (χ3v) is 5.05. The molecule has 0 saturated heterocycles. The Kier molecular flexibility index (Phi) is 6.97. The van der Waals surface area contributed by atoms with Gasteiger partial charge in [0.05, 0.1) is 19.7 Å². The number of aromatic hydroxyl groups is 1. The highest BCUT2D eigenvalue weighted by atomic mass is 16.5. The maximum atomic E-state index is 13.1. The number of ether oxygens (including phenoxy) is 2. The first-order valence-electron chi connectivity index (χ1n) is 9.96. The predicted octanol–water partition coefficient (Wildman–Crippen LogP) is 3.27. The minimum atomic E-state index is -0.620. The van der Waals surface area contributed by atoms with E-state index in [-0.39, 0.29) is 17.9 Å². The number of aromatic nitrogens is 1. The van der Waals surface area contributed by atoms with Crippen molar-refractivity contribution < 1.29 is 19.4 Å². The van der Waals surface area contributed by atoms with Crippen LogP contribution >= 0.6 is 0 Å². The fourth-order valence-corrected chi connectivity index (χ4v) is 3.50. The smallest absolute Gasteiger partial charge is 0.268 e. The lowest BCUT2D eigenvalue weighted by atomic mass is 10.1. The summed E-state index contributed by atoms with van der Waals surface area (Å²) in [4.78, 5) is 25.9. The van der Waals surface area contributed by atoms with Gasteiger partial charge in [0, 0.05) is 24.5 Å². The molecule has 0 fully saturated rings. The summed E-state index contributed by atoms with van der Waals surface area (Å²) in [6.45, 7) is 4.23. The van der Waals surface area contributed by atoms with Crippen molar-refractivity contribution in [1.82, 2.24) is 9.88 Å². The lowest BCUT2D eigenvalue weighted by Gasteiger charge is -2.16. The van der Waals surface area contributed by atoms with Crippen LogP contribution < -0.4 is 20.3 Å². The van der Waals surface area contributed by atoms with Crippen LogP contribution in [0.3, 0.4) is 0 Å². The maximum absolute atomic E-state index is 13.1. The Morgan fingerprint density at radius 1 is 1.16 bits per heavy atom. The number of carbonyl (C=O) groups excluding carboxylic acids is 1. The van der Waals surface area contributed by atoms with E-state index in [0.29, 0.717) is 35.4 Å². The first-order valence-corrected chi connectivity index (χ1v) is 9.96. The van der Waals surface area contributed by atoms with Gasteiger partial charge in [0.25, 0.3) is 11.5 Å². The van der Waals surface area contributed by atoms with Crippen molar-refractivity contribution in [3.05, 3.63) is 76.6 Å². The molecular weight excluding hydrogens is 396 g/mol. The lowest BCUT2D eigenvalue weighted by Crippen LogP contribution is -2.34. The van der Waals surface area contributed by atoms with Crippen LogP contribution in [0.1, 0.15) is 22.3 Å². The molecule has 0 aliphatic carbocycles. The van der Waals surface area contributed by atoms with Crippen molar-refractivity contribution in [3.8, 4) is 17.2 Å². The van der Waals surface area contributed by atoms with E-state index in [2.05, 4.69) is 11.9 Å². The number of rotatable bonds is 9. The second kappa shape index (κ2) is 9.84. The summed E-state index contributed by atoms with van der Waals surface area (Å²) >= 11 is 0. The number of pyridine rings is 1. The van der Waals surface area contributed by atoms with E-state index in [9.17, 15) is 14.7 Å². The van der Waals surface area contributed by atoms with Gasteiger partial charge in [0.15, 0.2) is 11.5 Å². The van der Waals surface area contributed by atoms with Crippen LogP contribution in [0.2, 0.25) is 0 Å². The van der Waals surface area contributed by atoms with E-state index in [0.717, 1.165) is 6.42 Å². The number of fused-ring (bicyclic) bond motifs is 1. The molecule has 7 nitrogen and oxygen atoms in total. The first kappa shape index (κ1) is 22.0. The number of hydrogen-bond donors (Lipinski definition) is 2. The van der Waals surface area contributed by atoms with Crippen LogP contribution in [0.4, 0.5) is 0 Å². The summed E-state index contributed by atoms with van der Waals surface area (Å²) in [6, 6.07) is 13.1. The SMILES string of the molecule is C=CCn1c(=O)c(C(=O)NCCCc2ccccc2)c(O)c2cc(OC)c(OC)cc21. The Balaban J connectivity index is 1.94. The number of methoxy groups -OCH3 is 2. The molecule has 0 saturated carbocycles. The highest BCUT2D eigenvalue weighted by Gasteiger charge is 2.23. The minimum Gasteiger partial charge on any atom is -0.506 e. The quantitative estimate of drug-likeness (QED) is 0.408. The second-order valence-corrected chi connectivity index (χ2v) is 7.00. The molecule has 0 aliphatic rings. The molecule has 0 aliphatic heterocycles. The van der Waals surface area contributed by atoms with Gasteiger partial charge in [-0.15, -0.1) is 6.58 Å². The average molecular weight is 422 g/mol. The van der Waals surface area contributed by atoms with Gasteiger partial charge in [-0.25, -0.2) is 0 Å². The number of nitrogens with one attached hydrogen (secondary N) is 1. The van der Waals surface area contributed by atoms with Gasteiger partial charge in [0.2, 0.25) is 0 Å². The zero-order chi connectivity index (χ0) is 22.4. The average Bonchev–Trinajstić information content (AvgIpc) is 2.79. The molecule has 0 spiro atoms. The Morgan fingerprint density at radius 2 is 1.84 bits per heavy atom. The molecular formula is C24H26N2O5. The van der Waals surface area contributed by atoms with Gasteiger partial charge in [-0.2, -0.15) is 0 Å². The van der Waals surface area contributed by atoms with Gasteiger partial charge in [-0.1, -0.05) is 36.4 Å². The summed E-state index contributed by atoms with van der Waals surface area (Å²) in [5.41, 5.74) is 0.680. The highest BCUT2D eigenvalue weighted by Crippen LogP contribution is 2.36. The molecule has 162 valence electrons. The third kappa shape index (κ3) is 4.55. The molecule has 0 unspecified atom stereocenters. The van der Waals surface area contributed by atoms with Crippen molar-refractivity contribution in [2.45, 2.75) is 19.4 Å². The first-order chi connectivity index (χ1) is 15.0. The molecule has 2 aromatic carbocycles. The van der Waals surface area contributed by atoms with Crippen LogP contribution in [-0.2, 0) is 13.0 Å². The Labute approximate surface area is 180 Å². The number of benzene rings is 2. The minimum absolute atomic E-state index is 0.166. The molecule has 0 bridgehead atoms. The number of carbonyl (C=O) groups is 1. The van der Waals surface area contributed by atoms with Crippen molar-refractivity contribution in [3.63, 3.8) is 0 Å². The molecule has 3 rings (SSSR count). The van der Waals surface area contributed by atoms with Crippen LogP contribution in [0, 0.1) is 0 Å². The third-order valence-electron chi connectivity index (χ3n) is 5.05. The lowest BCUT2D eigenvalue weighted by molar-refractivity contribution is 0.0948. The zero-order valence-corrected chi connectivity index (χ0v) is 17.7. The van der Waals surface area contributed by atoms with E-state index in [4.69, 9.17) is 9.47 Å². The van der Waals surface area contributed by atoms with Gasteiger partial charge in [0.1, 0.15) is 11.3 Å². The van der Waals surface area contributed by atoms with E-state index in [1.54, 1.807) is 18.2 Å². The summed E-state index contributed by atoms with van der Waals surface area (Å²) in [5.74, 6) is -0.222. The molecule has 1 aromatic heterocycles.